The third-order valence-corrected chi connectivity index (χ3v) is 3.79. The summed E-state index contributed by atoms with van der Waals surface area (Å²) in [4.78, 5) is 27.4. The topological polar surface area (TPSA) is 77.5 Å². The first-order chi connectivity index (χ1) is 12.5. The van der Waals surface area contributed by atoms with Crippen molar-refractivity contribution in [2.45, 2.75) is 26.7 Å². The van der Waals surface area contributed by atoms with Crippen LogP contribution >= 0.6 is 0 Å². The maximum absolute atomic E-state index is 11.8. The number of nitrogens with zero attached hydrogens (tertiary/aromatic N) is 1. The smallest absolute Gasteiger partial charge is 0.344 e. The molecule has 1 N–H and O–H groups in total. The van der Waals surface area contributed by atoms with Crippen LogP contribution in [0.5, 0.6) is 5.75 Å². The van der Waals surface area contributed by atoms with E-state index in [1.54, 1.807) is 18.3 Å². The Morgan fingerprint density at radius 1 is 1.23 bits per heavy atom. The van der Waals surface area contributed by atoms with Gasteiger partial charge in [0, 0.05) is 12.4 Å². The molecular weight excluding hydrogens is 332 g/mol. The molecule has 0 fully saturated rings. The number of aryl methyl sites for hydroxylation is 1. The summed E-state index contributed by atoms with van der Waals surface area (Å²) < 4.78 is 10.5. The van der Waals surface area contributed by atoms with Crippen LogP contribution in [0.4, 0.5) is 0 Å². The van der Waals surface area contributed by atoms with Crippen LogP contribution in [0.2, 0.25) is 0 Å². The van der Waals surface area contributed by atoms with Crippen molar-refractivity contribution in [2.24, 2.45) is 0 Å². The number of aromatic nitrogens is 1. The number of carbonyl (C=O) groups is 2. The van der Waals surface area contributed by atoms with Crippen LogP contribution in [0.1, 0.15) is 41.3 Å². The monoisotopic (exact) mass is 356 g/mol. The van der Waals surface area contributed by atoms with E-state index in [0.29, 0.717) is 17.2 Å². The van der Waals surface area contributed by atoms with E-state index in [1.165, 1.54) is 11.8 Å². The molecule has 6 nitrogen and oxygen atoms in total. The van der Waals surface area contributed by atoms with Crippen molar-refractivity contribution in [3.63, 3.8) is 0 Å². The molecular formula is C20H24N2O4. The molecule has 0 aliphatic rings. The molecule has 2 rings (SSSR count). The van der Waals surface area contributed by atoms with Gasteiger partial charge in [-0.15, -0.1) is 0 Å². The van der Waals surface area contributed by atoms with E-state index in [9.17, 15) is 9.59 Å². The molecule has 1 amide bonds. The minimum absolute atomic E-state index is 0.0828. The second-order valence-electron chi connectivity index (χ2n) is 6.18. The minimum atomic E-state index is -0.480. The zero-order valence-electron chi connectivity index (χ0n) is 15.3. The Bertz CT molecular complexity index is 745. The molecule has 0 atom stereocenters. The van der Waals surface area contributed by atoms with Crippen LogP contribution < -0.4 is 10.1 Å². The summed E-state index contributed by atoms with van der Waals surface area (Å²) in [6.45, 7) is 6.42. The number of esters is 1. The van der Waals surface area contributed by atoms with Crippen LogP contribution in [-0.2, 0) is 9.53 Å². The average Bonchev–Trinajstić information content (AvgIpc) is 2.63. The van der Waals surface area contributed by atoms with Crippen molar-refractivity contribution in [1.29, 1.82) is 0 Å². The normalized spacial score (nSPS) is 10.5. The summed E-state index contributed by atoms with van der Waals surface area (Å²) in [5.74, 6) is 0.335. The Labute approximate surface area is 153 Å². The van der Waals surface area contributed by atoms with Crippen LogP contribution in [-0.4, -0.2) is 36.6 Å². The number of rotatable bonds is 8. The fraction of sp³-hybridized carbons (Fsp3) is 0.350. The lowest BCUT2D eigenvalue weighted by Crippen LogP contribution is -2.28. The van der Waals surface area contributed by atoms with Crippen LogP contribution in [0.15, 0.2) is 42.7 Å². The van der Waals surface area contributed by atoms with E-state index in [1.807, 2.05) is 25.1 Å². The molecule has 0 radical (unpaired) electrons. The predicted molar refractivity (Wildman–Crippen MR) is 98.3 cm³/mol. The third-order valence-electron chi connectivity index (χ3n) is 3.79. The summed E-state index contributed by atoms with van der Waals surface area (Å²) in [6.07, 6.45) is 3.07. The molecule has 1 aromatic heterocycles. The Hall–Kier alpha value is -2.89. The predicted octanol–water partition coefficient (Wildman–Crippen LogP) is 2.87. The Morgan fingerprint density at radius 2 is 2.04 bits per heavy atom. The van der Waals surface area contributed by atoms with Crippen molar-refractivity contribution in [3.8, 4) is 5.75 Å². The highest BCUT2D eigenvalue weighted by molar-refractivity contribution is 5.93. The van der Waals surface area contributed by atoms with Gasteiger partial charge in [0.25, 0.3) is 5.91 Å². The Balaban J connectivity index is 1.68. The Morgan fingerprint density at radius 3 is 2.69 bits per heavy atom. The lowest BCUT2D eigenvalue weighted by molar-refractivity contribution is -0.145. The summed E-state index contributed by atoms with van der Waals surface area (Å²) in [5, 5.41) is 2.66. The minimum Gasteiger partial charge on any atom is -0.482 e. The van der Waals surface area contributed by atoms with Gasteiger partial charge in [0.05, 0.1) is 12.1 Å². The largest absolute Gasteiger partial charge is 0.482 e. The molecule has 138 valence electrons. The molecule has 0 saturated carbocycles. The van der Waals surface area contributed by atoms with Gasteiger partial charge < -0.3 is 14.8 Å². The summed E-state index contributed by atoms with van der Waals surface area (Å²) >= 11 is 0. The number of hydrogen-bond donors (Lipinski definition) is 1. The first-order valence-electron chi connectivity index (χ1n) is 8.54. The van der Waals surface area contributed by atoms with Gasteiger partial charge >= 0.3 is 5.97 Å². The van der Waals surface area contributed by atoms with Gasteiger partial charge in [0.1, 0.15) is 12.4 Å². The van der Waals surface area contributed by atoms with Gasteiger partial charge in [-0.1, -0.05) is 19.9 Å². The van der Waals surface area contributed by atoms with Crippen molar-refractivity contribution in [1.82, 2.24) is 10.3 Å². The summed E-state index contributed by atoms with van der Waals surface area (Å²) in [7, 11) is 0. The molecule has 0 aliphatic carbocycles. The van der Waals surface area contributed by atoms with E-state index in [0.717, 1.165) is 5.56 Å². The summed E-state index contributed by atoms with van der Waals surface area (Å²) in [6, 6.07) is 9.12. The molecule has 0 unspecified atom stereocenters. The SMILES string of the molecule is Cc1cc(OCC(=O)OCCNC(=O)c2cccnc2)ccc1C(C)C. The first kappa shape index (κ1) is 19.4. The molecule has 1 aromatic carbocycles. The van der Waals surface area contributed by atoms with Gasteiger partial charge in [-0.2, -0.15) is 0 Å². The van der Waals surface area contributed by atoms with Crippen LogP contribution in [0.3, 0.4) is 0 Å². The van der Waals surface area contributed by atoms with Gasteiger partial charge in [-0.3, -0.25) is 9.78 Å². The highest BCUT2D eigenvalue weighted by Crippen LogP contribution is 2.23. The van der Waals surface area contributed by atoms with Crippen LogP contribution in [0, 0.1) is 6.92 Å². The first-order valence-corrected chi connectivity index (χ1v) is 8.54. The van der Waals surface area contributed by atoms with Crippen LogP contribution in [0.25, 0.3) is 0 Å². The van der Waals surface area contributed by atoms with E-state index in [-0.39, 0.29) is 25.7 Å². The highest BCUT2D eigenvalue weighted by Gasteiger charge is 2.08. The molecule has 6 heteroatoms. The molecule has 2 aromatic rings. The number of ether oxygens (including phenoxy) is 2. The standard InChI is InChI=1S/C20H24N2O4/c1-14(2)18-7-6-17(11-15(18)3)26-13-19(23)25-10-9-22-20(24)16-5-4-8-21-12-16/h4-8,11-12,14H,9-10,13H2,1-3H3,(H,22,24). The third kappa shape index (κ3) is 5.88. The van der Waals surface area contributed by atoms with Gasteiger partial charge in [-0.05, 0) is 48.2 Å². The Kier molecular flexibility index (Phi) is 7.14. The zero-order valence-corrected chi connectivity index (χ0v) is 15.3. The number of amides is 1. The molecule has 1 heterocycles. The molecule has 0 saturated heterocycles. The van der Waals surface area contributed by atoms with Gasteiger partial charge in [0.15, 0.2) is 6.61 Å². The highest BCUT2D eigenvalue weighted by atomic mass is 16.6. The maximum Gasteiger partial charge on any atom is 0.344 e. The van der Waals surface area contributed by atoms with Crippen molar-refractivity contribution < 1.29 is 19.1 Å². The van der Waals surface area contributed by atoms with Crippen molar-refractivity contribution in [2.75, 3.05) is 19.8 Å². The lowest BCUT2D eigenvalue weighted by Gasteiger charge is -2.12. The second-order valence-corrected chi connectivity index (χ2v) is 6.18. The van der Waals surface area contributed by atoms with Crippen molar-refractivity contribution >= 4 is 11.9 Å². The number of benzene rings is 1. The molecule has 0 aliphatic heterocycles. The van der Waals surface area contributed by atoms with Gasteiger partial charge in [0.2, 0.25) is 0 Å². The fourth-order valence-corrected chi connectivity index (χ4v) is 2.50. The quantitative estimate of drug-likeness (QED) is 0.581. The van der Waals surface area contributed by atoms with E-state index < -0.39 is 5.97 Å². The summed E-state index contributed by atoms with van der Waals surface area (Å²) in [5.41, 5.74) is 2.84. The maximum atomic E-state index is 11.8. The van der Waals surface area contributed by atoms with E-state index in [4.69, 9.17) is 9.47 Å². The number of nitrogens with one attached hydrogen (secondary N) is 1. The van der Waals surface area contributed by atoms with E-state index >= 15 is 0 Å². The second kappa shape index (κ2) is 9.56. The average molecular weight is 356 g/mol. The zero-order chi connectivity index (χ0) is 18.9. The number of hydrogen-bond acceptors (Lipinski definition) is 5. The number of pyridine rings is 1. The molecule has 26 heavy (non-hydrogen) atoms. The van der Waals surface area contributed by atoms with Crippen molar-refractivity contribution in [3.05, 3.63) is 59.4 Å². The van der Waals surface area contributed by atoms with E-state index in [2.05, 4.69) is 24.1 Å². The lowest BCUT2D eigenvalue weighted by atomic mass is 9.98. The van der Waals surface area contributed by atoms with Gasteiger partial charge in [-0.25, -0.2) is 4.79 Å². The number of carbonyl (C=O) groups excluding carboxylic acids is 2. The molecule has 0 bridgehead atoms. The molecule has 0 spiro atoms. The fourth-order valence-electron chi connectivity index (χ4n) is 2.50.